The minimum absolute atomic E-state index is 0.121. The minimum atomic E-state index is -1.19. The number of carbonyl (C=O) groups is 1. The van der Waals surface area contributed by atoms with E-state index < -0.39 is 11.5 Å². The average Bonchev–Trinajstić information content (AvgIpc) is 2.41. The molecule has 0 aliphatic carbocycles. The van der Waals surface area contributed by atoms with Crippen LogP contribution in [0.1, 0.15) is 21.6 Å². The molecular formula is C13H9N3O3. The molecule has 94 valence electrons. The van der Waals surface area contributed by atoms with Crippen LogP contribution in [0.5, 0.6) is 0 Å². The molecular weight excluding hydrogens is 246 g/mol. The molecule has 0 atom stereocenters. The summed E-state index contributed by atoms with van der Waals surface area (Å²) in [6.45, 7) is 0.121. The lowest BCUT2D eigenvalue weighted by atomic mass is 10.1. The number of nitriles is 1. The lowest BCUT2D eigenvalue weighted by molar-refractivity contribution is 0.0687. The fraction of sp³-hybridized carbons (Fsp3) is 0.0769. The van der Waals surface area contributed by atoms with Gasteiger partial charge in [-0.05, 0) is 23.8 Å². The topological polar surface area (TPSA) is 96.0 Å². The lowest BCUT2D eigenvalue weighted by Gasteiger charge is -2.05. The van der Waals surface area contributed by atoms with Crippen molar-refractivity contribution in [2.75, 3.05) is 0 Å². The largest absolute Gasteiger partial charge is 0.476 e. The van der Waals surface area contributed by atoms with Crippen LogP contribution in [0.2, 0.25) is 0 Å². The first-order valence-electron chi connectivity index (χ1n) is 5.40. The van der Waals surface area contributed by atoms with Gasteiger partial charge in [-0.2, -0.15) is 10.4 Å². The van der Waals surface area contributed by atoms with Crippen molar-refractivity contribution in [1.82, 2.24) is 9.78 Å². The van der Waals surface area contributed by atoms with Crippen LogP contribution < -0.4 is 5.56 Å². The van der Waals surface area contributed by atoms with Gasteiger partial charge >= 0.3 is 5.97 Å². The molecule has 0 saturated heterocycles. The van der Waals surface area contributed by atoms with Crippen LogP contribution in [0.25, 0.3) is 0 Å². The van der Waals surface area contributed by atoms with Crippen LogP contribution >= 0.6 is 0 Å². The molecule has 0 amide bonds. The summed E-state index contributed by atoms with van der Waals surface area (Å²) >= 11 is 0. The second-order valence-electron chi connectivity index (χ2n) is 3.83. The third-order valence-electron chi connectivity index (χ3n) is 2.47. The summed E-state index contributed by atoms with van der Waals surface area (Å²) in [4.78, 5) is 22.4. The first-order chi connectivity index (χ1) is 9.10. The molecule has 1 heterocycles. The van der Waals surface area contributed by atoms with Crippen LogP contribution in [0.15, 0.2) is 41.2 Å². The molecule has 0 aliphatic heterocycles. The van der Waals surface area contributed by atoms with Gasteiger partial charge in [0.15, 0.2) is 5.69 Å². The average molecular weight is 255 g/mol. The van der Waals surface area contributed by atoms with Gasteiger partial charge in [0, 0.05) is 6.07 Å². The van der Waals surface area contributed by atoms with Crippen molar-refractivity contribution in [2.45, 2.75) is 6.54 Å². The van der Waals surface area contributed by atoms with Gasteiger partial charge in [-0.1, -0.05) is 12.1 Å². The third-order valence-corrected chi connectivity index (χ3v) is 2.47. The van der Waals surface area contributed by atoms with Gasteiger partial charge in [0.1, 0.15) is 0 Å². The Kier molecular flexibility index (Phi) is 3.39. The normalized spacial score (nSPS) is 9.84. The molecule has 6 heteroatoms. The molecule has 0 fully saturated rings. The van der Waals surface area contributed by atoms with E-state index in [1.54, 1.807) is 24.3 Å². The Hall–Kier alpha value is -2.94. The smallest absolute Gasteiger partial charge is 0.356 e. The van der Waals surface area contributed by atoms with Crippen LogP contribution in [0.3, 0.4) is 0 Å². The highest BCUT2D eigenvalue weighted by Crippen LogP contribution is 2.05. The summed E-state index contributed by atoms with van der Waals surface area (Å²) in [7, 11) is 0. The lowest BCUT2D eigenvalue weighted by Crippen LogP contribution is -2.24. The molecule has 0 spiro atoms. The molecule has 0 radical (unpaired) electrons. The standard InChI is InChI=1S/C13H9N3O3/c14-7-9-2-1-3-10(6-9)8-16-12(17)5-4-11(15-16)13(18)19/h1-6H,8H2,(H,18,19). The molecule has 1 aromatic carbocycles. The molecule has 0 unspecified atom stereocenters. The Bertz CT molecular complexity index is 728. The maximum absolute atomic E-state index is 11.6. The zero-order valence-corrected chi connectivity index (χ0v) is 9.78. The molecule has 2 aromatic rings. The molecule has 6 nitrogen and oxygen atoms in total. The predicted octanol–water partition coefficient (Wildman–Crippen LogP) is 0.861. The summed E-state index contributed by atoms with van der Waals surface area (Å²) in [6, 6.07) is 11.0. The van der Waals surface area contributed by atoms with Crippen LogP contribution in [0.4, 0.5) is 0 Å². The van der Waals surface area contributed by atoms with Gasteiger partial charge in [-0.15, -0.1) is 0 Å². The number of nitrogens with zero attached hydrogens (tertiary/aromatic N) is 3. The molecule has 0 bridgehead atoms. The van der Waals surface area contributed by atoms with Gasteiger partial charge in [-0.25, -0.2) is 9.48 Å². The molecule has 2 rings (SSSR count). The van der Waals surface area contributed by atoms with Crippen LogP contribution in [0, 0.1) is 11.3 Å². The SMILES string of the molecule is N#Cc1cccc(Cn2nc(C(=O)O)ccc2=O)c1. The monoisotopic (exact) mass is 255 g/mol. The van der Waals surface area contributed by atoms with Crippen molar-refractivity contribution < 1.29 is 9.90 Å². The second-order valence-corrected chi connectivity index (χ2v) is 3.83. The van der Waals surface area contributed by atoms with Crippen LogP contribution in [-0.4, -0.2) is 20.9 Å². The van der Waals surface area contributed by atoms with E-state index >= 15 is 0 Å². The fourth-order valence-electron chi connectivity index (χ4n) is 1.59. The Morgan fingerprint density at radius 2 is 2.16 bits per heavy atom. The van der Waals surface area contributed by atoms with E-state index in [0.29, 0.717) is 11.1 Å². The third kappa shape index (κ3) is 2.84. The first kappa shape index (κ1) is 12.5. The number of hydrogen-bond donors (Lipinski definition) is 1. The van der Waals surface area contributed by atoms with Crippen molar-refractivity contribution in [2.24, 2.45) is 0 Å². The highest BCUT2D eigenvalue weighted by atomic mass is 16.4. The first-order valence-corrected chi connectivity index (χ1v) is 5.40. The number of hydrogen-bond acceptors (Lipinski definition) is 4. The second kappa shape index (κ2) is 5.14. The van der Waals surface area contributed by atoms with E-state index in [4.69, 9.17) is 10.4 Å². The minimum Gasteiger partial charge on any atom is -0.476 e. The van der Waals surface area contributed by atoms with Crippen molar-refractivity contribution in [3.63, 3.8) is 0 Å². The zero-order valence-electron chi connectivity index (χ0n) is 9.78. The van der Waals surface area contributed by atoms with E-state index in [9.17, 15) is 9.59 Å². The number of rotatable bonds is 3. The number of carboxylic acid groups (broad SMARTS) is 1. The molecule has 1 aromatic heterocycles. The van der Waals surface area contributed by atoms with E-state index in [0.717, 1.165) is 16.8 Å². The van der Waals surface area contributed by atoms with Gasteiger partial charge in [0.05, 0.1) is 18.2 Å². The molecule has 0 saturated carbocycles. The van der Waals surface area contributed by atoms with E-state index in [1.165, 1.54) is 0 Å². The molecule has 19 heavy (non-hydrogen) atoms. The maximum atomic E-state index is 11.6. The van der Waals surface area contributed by atoms with E-state index in [1.807, 2.05) is 6.07 Å². The number of benzene rings is 1. The van der Waals surface area contributed by atoms with E-state index in [2.05, 4.69) is 5.10 Å². The summed E-state index contributed by atoms with van der Waals surface area (Å²) in [5.74, 6) is -1.19. The van der Waals surface area contributed by atoms with Crippen molar-refractivity contribution in [1.29, 1.82) is 5.26 Å². The van der Waals surface area contributed by atoms with Gasteiger partial charge in [0.25, 0.3) is 5.56 Å². The van der Waals surface area contributed by atoms with Crippen molar-refractivity contribution in [3.05, 3.63) is 63.6 Å². The van der Waals surface area contributed by atoms with Gasteiger partial charge in [-0.3, -0.25) is 4.79 Å². The molecule has 1 N–H and O–H groups in total. The Morgan fingerprint density at radius 1 is 1.37 bits per heavy atom. The number of aromatic carboxylic acids is 1. The van der Waals surface area contributed by atoms with Crippen molar-refractivity contribution >= 4 is 5.97 Å². The highest BCUT2D eigenvalue weighted by molar-refractivity contribution is 5.84. The predicted molar refractivity (Wildman–Crippen MR) is 65.7 cm³/mol. The fourth-order valence-corrected chi connectivity index (χ4v) is 1.59. The quantitative estimate of drug-likeness (QED) is 0.877. The molecule has 0 aliphatic rings. The number of aromatic nitrogens is 2. The zero-order chi connectivity index (χ0) is 13.8. The highest BCUT2D eigenvalue weighted by Gasteiger charge is 2.07. The Labute approximate surface area is 108 Å². The van der Waals surface area contributed by atoms with Gasteiger partial charge < -0.3 is 5.11 Å². The summed E-state index contributed by atoms with van der Waals surface area (Å²) in [5.41, 5.74) is 0.583. The summed E-state index contributed by atoms with van der Waals surface area (Å²) in [5, 5.41) is 21.4. The van der Waals surface area contributed by atoms with Crippen LogP contribution in [-0.2, 0) is 6.54 Å². The Balaban J connectivity index is 2.37. The maximum Gasteiger partial charge on any atom is 0.356 e. The van der Waals surface area contributed by atoms with Crippen molar-refractivity contribution in [3.8, 4) is 6.07 Å². The number of carboxylic acids is 1. The summed E-state index contributed by atoms with van der Waals surface area (Å²) < 4.78 is 1.06. The van der Waals surface area contributed by atoms with E-state index in [-0.39, 0.29) is 12.2 Å². The van der Waals surface area contributed by atoms with Gasteiger partial charge in [0.2, 0.25) is 0 Å². The summed E-state index contributed by atoms with van der Waals surface area (Å²) in [6.07, 6.45) is 0. The Morgan fingerprint density at radius 3 is 2.84 bits per heavy atom.